The Kier molecular flexibility index (Phi) is 3.92. The third kappa shape index (κ3) is 3.36. The fourth-order valence-electron chi connectivity index (χ4n) is 1.87. The number of pyridine rings is 1. The molecule has 19 heavy (non-hydrogen) atoms. The van der Waals surface area contributed by atoms with Crippen molar-refractivity contribution in [3.8, 4) is 0 Å². The number of hydrogen-bond donors (Lipinski definition) is 1. The van der Waals surface area contributed by atoms with E-state index >= 15 is 0 Å². The normalized spacial score (nSPS) is 14.1. The van der Waals surface area contributed by atoms with E-state index in [-0.39, 0.29) is 18.7 Å². The van der Waals surface area contributed by atoms with Crippen molar-refractivity contribution in [2.45, 2.75) is 25.5 Å². The summed E-state index contributed by atoms with van der Waals surface area (Å²) in [4.78, 5) is 19.3. The van der Waals surface area contributed by atoms with Gasteiger partial charge in [-0.2, -0.15) is 5.10 Å². The minimum Gasteiger partial charge on any atom is -0.381 e. The van der Waals surface area contributed by atoms with E-state index in [4.69, 9.17) is 11.6 Å². The Morgan fingerprint density at radius 3 is 2.84 bits per heavy atom. The van der Waals surface area contributed by atoms with Gasteiger partial charge in [0.05, 0.1) is 17.3 Å². The molecule has 0 spiro atoms. The second kappa shape index (κ2) is 5.46. The fourth-order valence-corrected chi connectivity index (χ4v) is 1.98. The Morgan fingerprint density at radius 1 is 1.53 bits per heavy atom. The molecule has 1 atom stereocenters. The summed E-state index contributed by atoms with van der Waals surface area (Å²) in [6, 6.07) is 3.22. The van der Waals surface area contributed by atoms with Crippen LogP contribution in [0.3, 0.4) is 0 Å². The summed E-state index contributed by atoms with van der Waals surface area (Å²) in [6.07, 6.45) is 4.22. The summed E-state index contributed by atoms with van der Waals surface area (Å²) in [5, 5.41) is 15.1. The van der Waals surface area contributed by atoms with Crippen LogP contribution in [0, 0.1) is 0 Å². The van der Waals surface area contributed by atoms with Gasteiger partial charge in [-0.25, -0.2) is 9.67 Å². The molecule has 7 heteroatoms. The van der Waals surface area contributed by atoms with Crippen molar-refractivity contribution in [2.75, 3.05) is 0 Å². The Morgan fingerprint density at radius 2 is 2.32 bits per heavy atom. The zero-order chi connectivity index (χ0) is 13.9. The lowest BCUT2D eigenvalue weighted by Gasteiger charge is -2.26. The van der Waals surface area contributed by atoms with Gasteiger partial charge in [-0.1, -0.05) is 11.6 Å². The molecule has 2 rings (SSSR count). The van der Waals surface area contributed by atoms with Crippen LogP contribution in [-0.2, 0) is 16.9 Å². The van der Waals surface area contributed by atoms with Gasteiger partial charge in [0, 0.05) is 12.6 Å². The minimum atomic E-state index is -1.43. The number of carbonyl (C=O) groups is 1. The molecule has 2 aromatic rings. The average Bonchev–Trinajstić information content (AvgIpc) is 2.81. The molecule has 0 aromatic carbocycles. The molecule has 2 aromatic heterocycles. The zero-order valence-corrected chi connectivity index (χ0v) is 11.1. The first kappa shape index (κ1) is 13.6. The second-order valence-electron chi connectivity index (χ2n) is 4.37. The molecule has 1 N–H and O–H groups in total. The van der Waals surface area contributed by atoms with Crippen molar-refractivity contribution in [1.29, 1.82) is 0 Å². The highest BCUT2D eigenvalue weighted by atomic mass is 35.5. The molecule has 0 aliphatic rings. The van der Waals surface area contributed by atoms with Crippen LogP contribution in [0.1, 0.15) is 19.0 Å². The molecule has 0 aliphatic heterocycles. The van der Waals surface area contributed by atoms with Crippen molar-refractivity contribution in [1.82, 2.24) is 19.7 Å². The summed E-state index contributed by atoms with van der Waals surface area (Å²) in [5.41, 5.74) is -1.05. The van der Waals surface area contributed by atoms with Crippen molar-refractivity contribution >= 4 is 17.4 Å². The third-order valence-corrected chi connectivity index (χ3v) is 2.86. The first-order valence-electron chi connectivity index (χ1n) is 5.66. The molecular weight excluding hydrogens is 268 g/mol. The van der Waals surface area contributed by atoms with Gasteiger partial charge < -0.3 is 5.11 Å². The molecule has 0 fully saturated rings. The lowest BCUT2D eigenvalue weighted by molar-refractivity contribution is -0.123. The summed E-state index contributed by atoms with van der Waals surface area (Å²) < 4.78 is 1.46. The molecule has 0 amide bonds. The molecule has 0 radical (unpaired) electrons. The van der Waals surface area contributed by atoms with Crippen LogP contribution in [0.25, 0.3) is 0 Å². The maximum absolute atomic E-state index is 11.4. The monoisotopic (exact) mass is 280 g/mol. The van der Waals surface area contributed by atoms with Gasteiger partial charge in [0.15, 0.2) is 0 Å². The molecule has 1 unspecified atom stereocenters. The van der Waals surface area contributed by atoms with Gasteiger partial charge in [-0.3, -0.25) is 9.78 Å². The van der Waals surface area contributed by atoms with Crippen molar-refractivity contribution in [2.24, 2.45) is 0 Å². The highest BCUT2D eigenvalue weighted by molar-refractivity contribution is 6.30. The minimum absolute atomic E-state index is 0.0541. The third-order valence-electron chi connectivity index (χ3n) is 2.64. The van der Waals surface area contributed by atoms with Gasteiger partial charge in [0.2, 0.25) is 0 Å². The Hall–Kier alpha value is -1.79. The highest BCUT2D eigenvalue weighted by Gasteiger charge is 2.33. The van der Waals surface area contributed by atoms with Crippen molar-refractivity contribution in [3.05, 3.63) is 41.7 Å². The molecule has 100 valence electrons. The van der Waals surface area contributed by atoms with Crippen LogP contribution in [0.15, 0.2) is 31.0 Å². The second-order valence-corrected chi connectivity index (χ2v) is 4.80. The maximum atomic E-state index is 11.4. The highest BCUT2D eigenvalue weighted by Crippen LogP contribution is 2.26. The molecule has 0 aliphatic carbocycles. The largest absolute Gasteiger partial charge is 0.381 e. The smallest absolute Gasteiger partial charge is 0.137 e. The molecule has 0 saturated heterocycles. The number of rotatable bonds is 5. The van der Waals surface area contributed by atoms with Crippen LogP contribution < -0.4 is 0 Å². The quantitative estimate of drug-likeness (QED) is 0.890. The number of ketones is 1. The standard InChI is InChI=1S/C12H13ClN4O2/c1-9(18)4-12(19,6-17-8-14-7-16-17)11-3-2-10(13)5-15-11/h2-3,5,7-8,19H,4,6H2,1H3. The van der Waals surface area contributed by atoms with E-state index in [1.54, 1.807) is 12.1 Å². The average molecular weight is 281 g/mol. The Balaban J connectivity index is 2.33. The van der Waals surface area contributed by atoms with Gasteiger partial charge >= 0.3 is 0 Å². The molecular formula is C12H13ClN4O2. The van der Waals surface area contributed by atoms with E-state index < -0.39 is 5.60 Å². The zero-order valence-electron chi connectivity index (χ0n) is 10.3. The molecule has 2 heterocycles. The fraction of sp³-hybridized carbons (Fsp3) is 0.333. The van der Waals surface area contributed by atoms with Gasteiger partial charge in [-0.05, 0) is 19.1 Å². The summed E-state index contributed by atoms with van der Waals surface area (Å²) in [5.74, 6) is -0.139. The predicted molar refractivity (Wildman–Crippen MR) is 68.5 cm³/mol. The number of hydrogen-bond acceptors (Lipinski definition) is 5. The Labute approximate surface area is 115 Å². The van der Waals surface area contributed by atoms with Crippen LogP contribution in [0.5, 0.6) is 0 Å². The number of nitrogens with zero attached hydrogens (tertiary/aromatic N) is 4. The maximum Gasteiger partial charge on any atom is 0.137 e. The molecule has 0 bridgehead atoms. The van der Waals surface area contributed by atoms with Gasteiger partial charge in [-0.15, -0.1) is 0 Å². The number of aromatic nitrogens is 4. The lowest BCUT2D eigenvalue weighted by atomic mass is 9.93. The van der Waals surface area contributed by atoms with E-state index in [0.29, 0.717) is 10.7 Å². The van der Waals surface area contributed by atoms with E-state index in [1.807, 2.05) is 0 Å². The summed E-state index contributed by atoms with van der Waals surface area (Å²) in [6.45, 7) is 1.52. The number of halogens is 1. The van der Waals surface area contributed by atoms with E-state index in [9.17, 15) is 9.90 Å². The van der Waals surface area contributed by atoms with E-state index in [0.717, 1.165) is 0 Å². The number of aliphatic hydroxyl groups is 1. The summed E-state index contributed by atoms with van der Waals surface area (Å²) >= 11 is 5.77. The van der Waals surface area contributed by atoms with Gasteiger partial charge in [0.25, 0.3) is 0 Å². The molecule has 6 nitrogen and oxygen atoms in total. The Bertz CT molecular complexity index is 556. The lowest BCUT2D eigenvalue weighted by Crippen LogP contribution is -2.34. The van der Waals surface area contributed by atoms with Crippen LogP contribution in [0.2, 0.25) is 5.02 Å². The molecule has 0 saturated carbocycles. The predicted octanol–water partition coefficient (Wildman–Crippen LogP) is 1.19. The first-order valence-corrected chi connectivity index (χ1v) is 6.04. The van der Waals surface area contributed by atoms with E-state index in [2.05, 4.69) is 15.1 Å². The first-order chi connectivity index (χ1) is 8.99. The summed E-state index contributed by atoms with van der Waals surface area (Å²) in [7, 11) is 0. The van der Waals surface area contributed by atoms with Crippen molar-refractivity contribution in [3.63, 3.8) is 0 Å². The van der Waals surface area contributed by atoms with Gasteiger partial charge in [0.1, 0.15) is 24.0 Å². The number of Topliss-reactive ketones (excluding diaryl/α,β-unsaturated/α-hetero) is 1. The SMILES string of the molecule is CC(=O)CC(O)(Cn1cncn1)c1ccc(Cl)cn1. The van der Waals surface area contributed by atoms with Crippen LogP contribution in [-0.4, -0.2) is 30.6 Å². The van der Waals surface area contributed by atoms with Crippen LogP contribution >= 0.6 is 11.6 Å². The van der Waals surface area contributed by atoms with Crippen LogP contribution in [0.4, 0.5) is 0 Å². The van der Waals surface area contributed by atoms with E-state index in [1.165, 1.54) is 30.5 Å². The topological polar surface area (TPSA) is 80.9 Å². The number of carbonyl (C=O) groups excluding carboxylic acids is 1. The van der Waals surface area contributed by atoms with Crippen molar-refractivity contribution < 1.29 is 9.90 Å².